The minimum absolute atomic E-state index is 0.0881. The Bertz CT molecular complexity index is 395. The van der Waals surface area contributed by atoms with Crippen LogP contribution in [-0.2, 0) is 0 Å². The summed E-state index contributed by atoms with van der Waals surface area (Å²) in [7, 11) is -1.03. The third kappa shape index (κ3) is 1.98. The van der Waals surface area contributed by atoms with Gasteiger partial charge in [-0.25, -0.2) is 8.78 Å². The van der Waals surface area contributed by atoms with Crippen molar-refractivity contribution in [3.63, 3.8) is 0 Å². The van der Waals surface area contributed by atoms with E-state index in [2.05, 4.69) is 4.74 Å². The lowest BCUT2D eigenvalue weighted by Crippen LogP contribution is -2.34. The van der Waals surface area contributed by atoms with Crippen LogP contribution in [0.15, 0.2) is 6.07 Å². The highest BCUT2D eigenvalue weighted by atomic mass is 19.2. The highest BCUT2D eigenvalue weighted by molar-refractivity contribution is 6.58. The normalized spacial score (nSPS) is 9.93. The summed E-state index contributed by atoms with van der Waals surface area (Å²) in [5.41, 5.74) is -1.28. The molecule has 0 unspecified atom stereocenters. The first-order valence-corrected chi connectivity index (χ1v) is 3.90. The number of carbonyl (C=O) groups is 1. The number of hydrogen-bond acceptors (Lipinski definition) is 4. The van der Waals surface area contributed by atoms with Crippen LogP contribution in [0.3, 0.4) is 0 Å². The lowest BCUT2D eigenvalue weighted by Gasteiger charge is -2.09. The average Bonchev–Trinajstić information content (AvgIpc) is 2.21. The Kier molecular flexibility index (Phi) is 3.38. The van der Waals surface area contributed by atoms with Crippen LogP contribution in [0, 0.1) is 11.6 Å². The fourth-order valence-electron chi connectivity index (χ4n) is 1.10. The Labute approximate surface area is 84.2 Å². The first-order chi connectivity index (χ1) is 7.02. The van der Waals surface area contributed by atoms with Crippen molar-refractivity contribution in [1.82, 2.24) is 0 Å². The maximum atomic E-state index is 13.2. The minimum Gasteiger partial charge on any atom is -0.496 e. The van der Waals surface area contributed by atoms with E-state index in [0.29, 0.717) is 0 Å². The number of ether oxygens (including phenoxy) is 1. The quantitative estimate of drug-likeness (QED) is 0.526. The zero-order valence-electron chi connectivity index (χ0n) is 7.70. The van der Waals surface area contributed by atoms with Crippen molar-refractivity contribution in [2.45, 2.75) is 0 Å². The molecule has 0 saturated carbocycles. The van der Waals surface area contributed by atoms with E-state index >= 15 is 0 Å². The Hall–Kier alpha value is -1.47. The summed E-state index contributed by atoms with van der Waals surface area (Å²) in [6.45, 7) is 0. The van der Waals surface area contributed by atoms with Crippen molar-refractivity contribution < 1.29 is 28.4 Å². The minimum atomic E-state index is -2.17. The van der Waals surface area contributed by atoms with Crippen LogP contribution in [0.4, 0.5) is 8.78 Å². The van der Waals surface area contributed by atoms with Crippen molar-refractivity contribution in [1.29, 1.82) is 0 Å². The summed E-state index contributed by atoms with van der Waals surface area (Å²) in [4.78, 5) is 10.4. The second kappa shape index (κ2) is 4.37. The van der Waals surface area contributed by atoms with Crippen molar-refractivity contribution in [2.75, 3.05) is 7.11 Å². The second-order valence-electron chi connectivity index (χ2n) is 2.70. The summed E-state index contributed by atoms with van der Waals surface area (Å²) in [6, 6.07) is 0.854. The average molecular weight is 216 g/mol. The molecular formula is C8H7BF2O4. The molecule has 0 saturated heterocycles. The van der Waals surface area contributed by atoms with E-state index in [0.717, 1.165) is 13.2 Å². The molecule has 15 heavy (non-hydrogen) atoms. The zero-order valence-corrected chi connectivity index (χ0v) is 7.70. The number of halogens is 2. The molecule has 7 heteroatoms. The summed E-state index contributed by atoms with van der Waals surface area (Å²) in [6.07, 6.45) is 0.0881. The summed E-state index contributed by atoms with van der Waals surface area (Å²) in [5.74, 6) is -3.20. The molecule has 0 heterocycles. The van der Waals surface area contributed by atoms with E-state index in [4.69, 9.17) is 10.0 Å². The lowest BCUT2D eigenvalue weighted by molar-refractivity contribution is 0.111. The van der Waals surface area contributed by atoms with E-state index < -0.39 is 29.8 Å². The highest BCUT2D eigenvalue weighted by Crippen LogP contribution is 2.20. The first kappa shape index (κ1) is 11.6. The van der Waals surface area contributed by atoms with Crippen LogP contribution >= 0.6 is 0 Å². The van der Waals surface area contributed by atoms with Gasteiger partial charge in [-0.1, -0.05) is 0 Å². The van der Waals surface area contributed by atoms with Crippen LogP contribution in [0.1, 0.15) is 10.4 Å². The van der Waals surface area contributed by atoms with Crippen molar-refractivity contribution in [3.05, 3.63) is 23.3 Å². The van der Waals surface area contributed by atoms with Gasteiger partial charge in [-0.05, 0) is 6.07 Å². The third-order valence-corrected chi connectivity index (χ3v) is 1.85. The van der Waals surface area contributed by atoms with Gasteiger partial charge in [0.15, 0.2) is 17.9 Å². The molecule has 4 nitrogen and oxygen atoms in total. The smallest absolute Gasteiger partial charge is 0.491 e. The molecule has 0 aromatic heterocycles. The van der Waals surface area contributed by atoms with Crippen LogP contribution in [-0.4, -0.2) is 30.6 Å². The summed E-state index contributed by atoms with van der Waals surface area (Å²) < 4.78 is 30.9. The van der Waals surface area contributed by atoms with Crippen molar-refractivity contribution >= 4 is 18.9 Å². The SMILES string of the molecule is COc1cc(B(O)O)c(F)c(F)c1C=O. The van der Waals surface area contributed by atoms with Gasteiger partial charge in [-0.15, -0.1) is 0 Å². The van der Waals surface area contributed by atoms with Gasteiger partial charge in [-0.2, -0.15) is 0 Å². The number of aldehydes is 1. The van der Waals surface area contributed by atoms with E-state index in [9.17, 15) is 13.6 Å². The molecule has 0 fully saturated rings. The van der Waals surface area contributed by atoms with E-state index in [1.165, 1.54) is 0 Å². The molecule has 1 rings (SSSR count). The Balaban J connectivity index is 3.49. The monoisotopic (exact) mass is 216 g/mol. The topological polar surface area (TPSA) is 66.8 Å². The molecule has 0 atom stereocenters. The summed E-state index contributed by atoms with van der Waals surface area (Å²) >= 11 is 0. The maximum absolute atomic E-state index is 13.2. The largest absolute Gasteiger partial charge is 0.496 e. The van der Waals surface area contributed by atoms with Crippen LogP contribution < -0.4 is 10.2 Å². The van der Waals surface area contributed by atoms with Crippen molar-refractivity contribution in [2.24, 2.45) is 0 Å². The molecule has 0 bridgehead atoms. The second-order valence-corrected chi connectivity index (χ2v) is 2.70. The van der Waals surface area contributed by atoms with E-state index in [1.54, 1.807) is 0 Å². The van der Waals surface area contributed by atoms with Gasteiger partial charge >= 0.3 is 7.12 Å². The zero-order chi connectivity index (χ0) is 11.6. The molecule has 0 aliphatic heterocycles. The molecule has 80 valence electrons. The molecule has 0 amide bonds. The van der Waals surface area contributed by atoms with Crippen LogP contribution in [0.25, 0.3) is 0 Å². The van der Waals surface area contributed by atoms with Gasteiger partial charge in [0.2, 0.25) is 0 Å². The van der Waals surface area contributed by atoms with E-state index in [1.807, 2.05) is 0 Å². The molecule has 0 spiro atoms. The molecule has 2 N–H and O–H groups in total. The molecule has 0 aliphatic carbocycles. The van der Waals surface area contributed by atoms with E-state index in [-0.39, 0.29) is 12.0 Å². The van der Waals surface area contributed by atoms with Crippen LogP contribution in [0.5, 0.6) is 5.75 Å². The molecule has 1 aromatic carbocycles. The maximum Gasteiger partial charge on any atom is 0.491 e. The Morgan fingerprint density at radius 3 is 2.40 bits per heavy atom. The third-order valence-electron chi connectivity index (χ3n) is 1.85. The predicted molar refractivity (Wildman–Crippen MR) is 48.1 cm³/mol. The molecule has 1 aromatic rings. The van der Waals surface area contributed by atoms with Crippen molar-refractivity contribution in [3.8, 4) is 5.75 Å². The molecular weight excluding hydrogens is 209 g/mol. The summed E-state index contributed by atoms with van der Waals surface area (Å²) in [5, 5.41) is 17.4. The van der Waals surface area contributed by atoms with Gasteiger partial charge in [0, 0.05) is 5.46 Å². The van der Waals surface area contributed by atoms with Gasteiger partial charge in [0.1, 0.15) is 5.75 Å². The van der Waals surface area contributed by atoms with Gasteiger partial charge in [-0.3, -0.25) is 4.79 Å². The number of hydrogen-bond donors (Lipinski definition) is 2. The molecule has 0 aliphatic rings. The fourth-order valence-corrected chi connectivity index (χ4v) is 1.10. The predicted octanol–water partition coefficient (Wildman–Crippen LogP) is -0.534. The first-order valence-electron chi connectivity index (χ1n) is 3.90. The lowest BCUT2D eigenvalue weighted by atomic mass is 9.79. The molecule has 0 radical (unpaired) electrons. The van der Waals surface area contributed by atoms with Crippen LogP contribution in [0.2, 0.25) is 0 Å². The Morgan fingerprint density at radius 2 is 2.00 bits per heavy atom. The Morgan fingerprint density at radius 1 is 1.40 bits per heavy atom. The number of methoxy groups -OCH3 is 1. The van der Waals surface area contributed by atoms with Gasteiger partial charge in [0.05, 0.1) is 12.7 Å². The number of benzene rings is 1. The van der Waals surface area contributed by atoms with Gasteiger partial charge < -0.3 is 14.8 Å². The number of carbonyl (C=O) groups excluding carboxylic acids is 1. The fraction of sp³-hybridized carbons (Fsp3) is 0.125. The highest BCUT2D eigenvalue weighted by Gasteiger charge is 2.25. The number of rotatable bonds is 3. The van der Waals surface area contributed by atoms with Gasteiger partial charge in [0.25, 0.3) is 0 Å². The standard InChI is InChI=1S/C8H7BF2O4/c1-15-6-2-5(9(13)14)8(11)7(10)4(6)3-12/h2-3,13-14H,1H3.